The van der Waals surface area contributed by atoms with Gasteiger partial charge in [0, 0.05) is 0 Å². The van der Waals surface area contributed by atoms with Gasteiger partial charge in [-0.25, -0.2) is 9.90 Å². The first-order chi connectivity index (χ1) is 5.07. The normalized spacial score (nSPS) is 11.7. The summed E-state index contributed by atoms with van der Waals surface area (Å²) in [6.07, 6.45) is -1.98. The molecule has 0 aliphatic carbocycles. The molecule has 1 unspecified atom stereocenters. The van der Waals surface area contributed by atoms with Crippen LogP contribution in [0.15, 0.2) is 12.7 Å². The van der Waals surface area contributed by atoms with Crippen LogP contribution >= 0.6 is 0 Å². The number of hydrogen-bond acceptors (Lipinski definition) is 3. The van der Waals surface area contributed by atoms with E-state index in [0.29, 0.717) is 0 Å². The Morgan fingerprint density at radius 1 is 1.64 bits per heavy atom. The van der Waals surface area contributed by atoms with E-state index in [9.17, 15) is 14.7 Å². The lowest BCUT2D eigenvalue weighted by atomic mass is 10.2. The molecular formula is C6H8NO4. The second kappa shape index (κ2) is 4.45. The summed E-state index contributed by atoms with van der Waals surface area (Å²) < 4.78 is 0. The number of rotatable bonds is 4. The van der Waals surface area contributed by atoms with Gasteiger partial charge in [-0.15, -0.1) is 0 Å². The molecule has 0 saturated heterocycles. The minimum absolute atomic E-state index is 0.368. The highest BCUT2D eigenvalue weighted by Gasteiger charge is 2.11. The highest BCUT2D eigenvalue weighted by atomic mass is 16.4. The lowest BCUT2D eigenvalue weighted by Gasteiger charge is -2.04. The maximum atomic E-state index is 10.5. The molecule has 0 aromatic carbocycles. The van der Waals surface area contributed by atoms with Gasteiger partial charge in [-0.05, 0) is 6.08 Å². The molecule has 2 N–H and O–H groups in total. The average Bonchev–Trinajstić information content (AvgIpc) is 1.98. The molecule has 0 saturated carbocycles. The van der Waals surface area contributed by atoms with Crippen LogP contribution in [0.4, 0.5) is 4.79 Å². The summed E-state index contributed by atoms with van der Waals surface area (Å²) in [5.74, 6) is -0.626. The van der Waals surface area contributed by atoms with Crippen molar-refractivity contribution >= 4 is 11.9 Å². The summed E-state index contributed by atoms with van der Waals surface area (Å²) in [5.41, 5.74) is 0. The summed E-state index contributed by atoms with van der Waals surface area (Å²) >= 11 is 0. The lowest BCUT2D eigenvalue weighted by molar-refractivity contribution is -0.121. The fourth-order valence-corrected chi connectivity index (χ4v) is 0.417. The first-order valence-electron chi connectivity index (χ1n) is 2.87. The predicted molar refractivity (Wildman–Crippen MR) is 35.3 cm³/mol. The molecule has 0 aromatic heterocycles. The first kappa shape index (κ1) is 9.64. The topological polar surface area (TPSA) is 86.3 Å². The fourth-order valence-electron chi connectivity index (χ4n) is 0.417. The summed E-state index contributed by atoms with van der Waals surface area (Å²) in [4.78, 5) is 20.2. The molecular weight excluding hydrogens is 150 g/mol. The molecule has 0 fully saturated rings. The number of carbonyl (C=O) groups excluding carboxylic acids is 2. The second-order valence-electron chi connectivity index (χ2n) is 1.79. The van der Waals surface area contributed by atoms with Crippen molar-refractivity contribution in [1.29, 1.82) is 0 Å². The summed E-state index contributed by atoms with van der Waals surface area (Å²) in [6, 6.07) is 0. The van der Waals surface area contributed by atoms with Gasteiger partial charge >= 0.3 is 6.09 Å². The zero-order valence-corrected chi connectivity index (χ0v) is 5.74. The smallest absolute Gasteiger partial charge is 0.383 e. The Morgan fingerprint density at radius 2 is 2.18 bits per heavy atom. The average molecular weight is 158 g/mol. The molecule has 0 spiro atoms. The van der Waals surface area contributed by atoms with Gasteiger partial charge in [-0.1, -0.05) is 6.58 Å². The van der Waals surface area contributed by atoms with Crippen molar-refractivity contribution in [2.24, 2.45) is 0 Å². The largest absolute Gasteiger partial charge is 0.450 e. The number of amides is 1. The second-order valence-corrected chi connectivity index (χ2v) is 1.79. The molecule has 0 bridgehead atoms. The molecule has 0 aromatic rings. The van der Waals surface area contributed by atoms with Crippen molar-refractivity contribution in [3.8, 4) is 0 Å². The van der Waals surface area contributed by atoms with Gasteiger partial charge in [-0.3, -0.25) is 4.79 Å². The van der Waals surface area contributed by atoms with Crippen molar-refractivity contribution in [2.45, 2.75) is 6.10 Å². The van der Waals surface area contributed by atoms with Gasteiger partial charge in [0.1, 0.15) is 6.10 Å². The Hall–Kier alpha value is -1.36. The summed E-state index contributed by atoms with van der Waals surface area (Å²) in [6.45, 7) is 2.74. The molecule has 0 aliphatic heterocycles. The van der Waals surface area contributed by atoms with Crippen LogP contribution in [0.3, 0.4) is 0 Å². The minimum Gasteiger partial charge on any atom is -0.383 e. The van der Waals surface area contributed by atoms with Gasteiger partial charge in [0.15, 0.2) is 5.78 Å². The number of carbonyl (C=O) groups is 2. The van der Waals surface area contributed by atoms with Gasteiger partial charge in [-0.2, -0.15) is 0 Å². The van der Waals surface area contributed by atoms with E-state index in [4.69, 9.17) is 5.11 Å². The monoisotopic (exact) mass is 158 g/mol. The van der Waals surface area contributed by atoms with Crippen LogP contribution in [-0.4, -0.2) is 29.6 Å². The van der Waals surface area contributed by atoms with E-state index < -0.39 is 18.0 Å². The van der Waals surface area contributed by atoms with Crippen molar-refractivity contribution in [3.05, 3.63) is 12.7 Å². The highest BCUT2D eigenvalue weighted by Crippen LogP contribution is 1.84. The number of aliphatic hydroxyl groups is 1. The van der Waals surface area contributed by atoms with Crippen molar-refractivity contribution in [2.75, 3.05) is 6.54 Å². The van der Waals surface area contributed by atoms with Crippen LogP contribution in [0.2, 0.25) is 0 Å². The van der Waals surface area contributed by atoms with Gasteiger partial charge in [0.2, 0.25) is 0 Å². The number of nitrogens with one attached hydrogen (secondary N) is 1. The Balaban J connectivity index is 3.68. The molecule has 1 amide bonds. The maximum Gasteiger partial charge on any atom is 0.450 e. The van der Waals surface area contributed by atoms with E-state index in [2.05, 4.69) is 6.58 Å². The van der Waals surface area contributed by atoms with E-state index in [1.165, 1.54) is 0 Å². The van der Waals surface area contributed by atoms with E-state index >= 15 is 0 Å². The van der Waals surface area contributed by atoms with Crippen LogP contribution in [0.1, 0.15) is 0 Å². The Bertz CT molecular complexity index is 177. The molecule has 5 nitrogen and oxygen atoms in total. The van der Waals surface area contributed by atoms with Crippen LogP contribution in [0.5, 0.6) is 0 Å². The molecule has 1 atom stereocenters. The summed E-state index contributed by atoms with van der Waals surface area (Å²) in [5, 5.41) is 20.3. The number of hydrogen-bond donors (Lipinski definition) is 2. The highest BCUT2D eigenvalue weighted by molar-refractivity contribution is 5.93. The van der Waals surface area contributed by atoms with Crippen LogP contribution in [0.25, 0.3) is 0 Å². The van der Waals surface area contributed by atoms with Gasteiger partial charge in [0.05, 0.1) is 6.54 Å². The maximum absolute atomic E-state index is 10.5. The molecule has 0 aliphatic rings. The van der Waals surface area contributed by atoms with Crippen LogP contribution in [0, 0.1) is 0 Å². The first-order valence-corrected chi connectivity index (χ1v) is 2.87. The lowest BCUT2D eigenvalue weighted by Crippen LogP contribution is -2.34. The Morgan fingerprint density at radius 3 is 2.55 bits per heavy atom. The molecule has 11 heavy (non-hydrogen) atoms. The molecule has 1 radical (unpaired) electrons. The van der Waals surface area contributed by atoms with Crippen LogP contribution in [-0.2, 0) is 9.90 Å². The molecule has 0 rings (SSSR count). The zero-order valence-electron chi connectivity index (χ0n) is 5.74. The van der Waals surface area contributed by atoms with E-state index in [1.807, 2.05) is 0 Å². The fraction of sp³-hybridized carbons (Fsp3) is 0.333. The Kier molecular flexibility index (Phi) is 3.90. The Labute approximate surface area is 63.3 Å². The predicted octanol–water partition coefficient (Wildman–Crippen LogP) is -0.758. The molecule has 61 valence electrons. The standard InChI is InChI=1S/C6H8NO4/c1-2-4(8)5(9)3-7-6(10)11/h2,5,7,9H,1,3H2. The SMILES string of the molecule is C=CC(=O)C(O)CNC([O])=O. The van der Waals surface area contributed by atoms with E-state index in [-0.39, 0.29) is 6.54 Å². The van der Waals surface area contributed by atoms with Gasteiger partial charge < -0.3 is 10.4 Å². The van der Waals surface area contributed by atoms with E-state index in [1.54, 1.807) is 5.32 Å². The molecule has 0 heterocycles. The molecule has 5 heteroatoms. The third kappa shape index (κ3) is 4.10. The van der Waals surface area contributed by atoms with Crippen molar-refractivity contribution in [1.82, 2.24) is 5.32 Å². The quantitative estimate of drug-likeness (QED) is 0.527. The van der Waals surface area contributed by atoms with Gasteiger partial charge in [0.25, 0.3) is 0 Å². The van der Waals surface area contributed by atoms with E-state index in [0.717, 1.165) is 6.08 Å². The number of ketones is 1. The third-order valence-corrected chi connectivity index (χ3v) is 0.969. The summed E-state index contributed by atoms with van der Waals surface area (Å²) in [7, 11) is 0. The van der Waals surface area contributed by atoms with Crippen LogP contribution < -0.4 is 5.32 Å². The van der Waals surface area contributed by atoms with Crippen molar-refractivity contribution in [3.63, 3.8) is 0 Å². The third-order valence-electron chi connectivity index (χ3n) is 0.969. The zero-order chi connectivity index (χ0) is 8.85. The minimum atomic E-state index is -1.53. The number of aliphatic hydroxyl groups excluding tert-OH is 1. The van der Waals surface area contributed by atoms with Crippen molar-refractivity contribution < 1.29 is 19.8 Å².